The van der Waals surface area contributed by atoms with Gasteiger partial charge in [0.15, 0.2) is 0 Å². The summed E-state index contributed by atoms with van der Waals surface area (Å²) in [6.07, 6.45) is 3.54. The minimum atomic E-state index is 0.551. The Hall–Kier alpha value is -0.150. The first-order chi connectivity index (χ1) is 5.20. The zero-order valence-electron chi connectivity index (χ0n) is 7.05. The fraction of sp³-hybridized carbons (Fsp3) is 0.875. The minimum Gasteiger partial charge on any atom is -0.393 e. The molecule has 11 heavy (non-hydrogen) atoms. The highest BCUT2D eigenvalue weighted by Gasteiger charge is 2.17. The third-order valence-corrected chi connectivity index (χ3v) is 2.43. The molecule has 0 aromatic carbocycles. The van der Waals surface area contributed by atoms with Gasteiger partial charge in [-0.15, -0.1) is 0 Å². The maximum absolute atomic E-state index is 5.47. The van der Waals surface area contributed by atoms with Gasteiger partial charge in [-0.25, -0.2) is 0 Å². The molecule has 0 aliphatic carbocycles. The van der Waals surface area contributed by atoms with Crippen LogP contribution in [0.3, 0.4) is 0 Å². The highest BCUT2D eigenvalue weighted by Crippen LogP contribution is 2.13. The number of hydrogen-bond donors (Lipinski definition) is 1. The fourth-order valence-corrected chi connectivity index (χ4v) is 1.84. The molecule has 2 nitrogen and oxygen atoms in total. The Labute approximate surface area is 73.7 Å². The second kappa shape index (κ2) is 4.02. The molecule has 1 saturated heterocycles. The van der Waals surface area contributed by atoms with Gasteiger partial charge in [0.2, 0.25) is 0 Å². The minimum absolute atomic E-state index is 0.551. The van der Waals surface area contributed by atoms with Crippen molar-refractivity contribution in [3.63, 3.8) is 0 Å². The van der Waals surface area contributed by atoms with E-state index in [1.165, 1.54) is 25.9 Å². The van der Waals surface area contributed by atoms with Crippen molar-refractivity contribution in [1.29, 1.82) is 0 Å². The summed E-state index contributed by atoms with van der Waals surface area (Å²) in [5.74, 6) is 0. The maximum Gasteiger partial charge on any atom is 0.0742 e. The first-order valence-corrected chi connectivity index (χ1v) is 4.63. The molecule has 0 amide bonds. The Bertz CT molecular complexity index is 141. The number of likely N-dealkylation sites (tertiary alicyclic amines) is 1. The third kappa shape index (κ3) is 2.75. The Kier molecular flexibility index (Phi) is 3.27. The van der Waals surface area contributed by atoms with Crippen LogP contribution in [0.5, 0.6) is 0 Å². The maximum atomic E-state index is 5.47. The quantitative estimate of drug-likeness (QED) is 0.647. The van der Waals surface area contributed by atoms with Gasteiger partial charge in [0.1, 0.15) is 0 Å². The van der Waals surface area contributed by atoms with Crippen LogP contribution in [0.25, 0.3) is 0 Å². The number of thiocarbonyl (C=S) groups is 1. The monoisotopic (exact) mass is 172 g/mol. The van der Waals surface area contributed by atoms with Crippen molar-refractivity contribution < 1.29 is 0 Å². The average Bonchev–Trinajstić information content (AvgIpc) is 2.35. The Morgan fingerprint density at radius 1 is 1.55 bits per heavy atom. The van der Waals surface area contributed by atoms with Crippen molar-refractivity contribution in [2.75, 3.05) is 13.1 Å². The van der Waals surface area contributed by atoms with Gasteiger partial charge in [-0.3, -0.25) is 0 Å². The fourth-order valence-electron chi connectivity index (χ4n) is 1.60. The number of hydrogen-bond acceptors (Lipinski definition) is 2. The predicted molar refractivity (Wildman–Crippen MR) is 51.7 cm³/mol. The first-order valence-electron chi connectivity index (χ1n) is 4.22. The van der Waals surface area contributed by atoms with E-state index in [1.807, 2.05) is 0 Å². The van der Waals surface area contributed by atoms with E-state index in [9.17, 15) is 0 Å². The Morgan fingerprint density at radius 3 is 2.55 bits per heavy atom. The van der Waals surface area contributed by atoms with E-state index in [0.29, 0.717) is 11.0 Å². The molecule has 0 aromatic rings. The second-order valence-corrected chi connectivity index (χ2v) is 3.79. The molecule has 0 saturated carbocycles. The van der Waals surface area contributed by atoms with Crippen molar-refractivity contribution in [2.45, 2.75) is 32.2 Å². The second-order valence-electron chi connectivity index (χ2n) is 3.26. The van der Waals surface area contributed by atoms with Crippen LogP contribution in [0.15, 0.2) is 0 Å². The molecule has 0 bridgehead atoms. The highest BCUT2D eigenvalue weighted by atomic mass is 32.1. The standard InChI is InChI=1S/C8H16N2S/c1-7(6-8(9)11)10-4-2-3-5-10/h7H,2-6H2,1H3,(H2,9,11). The van der Waals surface area contributed by atoms with E-state index in [-0.39, 0.29) is 0 Å². The summed E-state index contributed by atoms with van der Waals surface area (Å²) in [5.41, 5.74) is 5.47. The SMILES string of the molecule is CC(CC(N)=S)N1CCCC1. The Morgan fingerprint density at radius 2 is 2.09 bits per heavy atom. The van der Waals surface area contributed by atoms with Crippen LogP contribution in [-0.4, -0.2) is 29.0 Å². The average molecular weight is 172 g/mol. The molecule has 3 heteroatoms. The van der Waals surface area contributed by atoms with Gasteiger partial charge in [0.25, 0.3) is 0 Å². The highest BCUT2D eigenvalue weighted by molar-refractivity contribution is 7.80. The van der Waals surface area contributed by atoms with Crippen molar-refractivity contribution in [3.8, 4) is 0 Å². The van der Waals surface area contributed by atoms with Gasteiger partial charge in [0, 0.05) is 12.5 Å². The topological polar surface area (TPSA) is 29.3 Å². The van der Waals surface area contributed by atoms with E-state index in [2.05, 4.69) is 11.8 Å². The van der Waals surface area contributed by atoms with Crippen LogP contribution in [-0.2, 0) is 0 Å². The van der Waals surface area contributed by atoms with Gasteiger partial charge in [0.05, 0.1) is 4.99 Å². The molecule has 1 fully saturated rings. The molecule has 1 aliphatic rings. The van der Waals surface area contributed by atoms with Crippen molar-refractivity contribution in [3.05, 3.63) is 0 Å². The van der Waals surface area contributed by atoms with E-state index in [1.54, 1.807) is 0 Å². The molecule has 0 radical (unpaired) electrons. The van der Waals surface area contributed by atoms with E-state index >= 15 is 0 Å². The molecule has 1 atom stereocenters. The lowest BCUT2D eigenvalue weighted by Crippen LogP contribution is -2.33. The van der Waals surface area contributed by atoms with Gasteiger partial charge >= 0.3 is 0 Å². The van der Waals surface area contributed by atoms with Crippen molar-refractivity contribution in [1.82, 2.24) is 4.90 Å². The molecule has 64 valence electrons. The summed E-state index contributed by atoms with van der Waals surface area (Å²) < 4.78 is 0. The van der Waals surface area contributed by atoms with Crippen LogP contribution >= 0.6 is 12.2 Å². The summed E-state index contributed by atoms with van der Waals surface area (Å²) in [5, 5.41) is 0. The lowest BCUT2D eigenvalue weighted by molar-refractivity contribution is 0.265. The molecule has 1 aliphatic heterocycles. The number of nitrogens with two attached hydrogens (primary N) is 1. The summed E-state index contributed by atoms with van der Waals surface area (Å²) in [7, 11) is 0. The zero-order chi connectivity index (χ0) is 8.27. The lowest BCUT2D eigenvalue weighted by Gasteiger charge is -2.22. The molecule has 0 spiro atoms. The van der Waals surface area contributed by atoms with Gasteiger partial charge < -0.3 is 10.6 Å². The van der Waals surface area contributed by atoms with Gasteiger partial charge in [-0.05, 0) is 32.9 Å². The largest absolute Gasteiger partial charge is 0.393 e. The van der Waals surface area contributed by atoms with Crippen LogP contribution in [0.1, 0.15) is 26.2 Å². The number of nitrogens with zero attached hydrogens (tertiary/aromatic N) is 1. The van der Waals surface area contributed by atoms with Crippen LogP contribution in [0, 0.1) is 0 Å². The molecule has 0 aromatic heterocycles. The van der Waals surface area contributed by atoms with Crippen LogP contribution in [0.4, 0.5) is 0 Å². The molecular weight excluding hydrogens is 156 g/mol. The molecule has 1 heterocycles. The Balaban J connectivity index is 2.28. The smallest absolute Gasteiger partial charge is 0.0742 e. The molecule has 1 rings (SSSR count). The first kappa shape index (κ1) is 8.94. The molecular formula is C8H16N2S. The van der Waals surface area contributed by atoms with Crippen molar-refractivity contribution >= 4 is 17.2 Å². The summed E-state index contributed by atoms with van der Waals surface area (Å²) >= 11 is 4.86. The normalized spacial score (nSPS) is 21.9. The predicted octanol–water partition coefficient (Wildman–Crippen LogP) is 1.15. The summed E-state index contributed by atoms with van der Waals surface area (Å²) in [4.78, 5) is 3.10. The molecule has 1 unspecified atom stereocenters. The van der Waals surface area contributed by atoms with Gasteiger partial charge in [-0.1, -0.05) is 12.2 Å². The van der Waals surface area contributed by atoms with E-state index in [0.717, 1.165) is 6.42 Å². The zero-order valence-corrected chi connectivity index (χ0v) is 7.86. The third-order valence-electron chi connectivity index (χ3n) is 2.26. The van der Waals surface area contributed by atoms with Crippen molar-refractivity contribution in [2.24, 2.45) is 5.73 Å². The van der Waals surface area contributed by atoms with Crippen LogP contribution < -0.4 is 5.73 Å². The van der Waals surface area contributed by atoms with E-state index < -0.39 is 0 Å². The van der Waals surface area contributed by atoms with Gasteiger partial charge in [-0.2, -0.15) is 0 Å². The van der Waals surface area contributed by atoms with Crippen LogP contribution in [0.2, 0.25) is 0 Å². The molecule has 2 N–H and O–H groups in total. The summed E-state index contributed by atoms with van der Waals surface area (Å²) in [6.45, 7) is 4.65. The summed E-state index contributed by atoms with van der Waals surface area (Å²) in [6, 6.07) is 0.551. The van der Waals surface area contributed by atoms with E-state index in [4.69, 9.17) is 18.0 Å². The number of rotatable bonds is 3. The lowest BCUT2D eigenvalue weighted by atomic mass is 10.2.